The summed E-state index contributed by atoms with van der Waals surface area (Å²) in [5.41, 5.74) is 0.0311. The lowest BCUT2D eigenvalue weighted by Gasteiger charge is -2.20. The van der Waals surface area contributed by atoms with E-state index in [0.29, 0.717) is 11.4 Å². The molecule has 0 aliphatic heterocycles. The molecule has 0 spiro atoms. The molecule has 174 valence electrons. The van der Waals surface area contributed by atoms with Crippen LogP contribution in [0, 0.1) is 0 Å². The molecule has 0 bridgehead atoms. The molecule has 2 aromatic carbocycles. The average molecular weight is 466 g/mol. The average Bonchev–Trinajstić information content (AvgIpc) is 2.72. The summed E-state index contributed by atoms with van der Waals surface area (Å²) in [5.74, 6) is -0.0986. The van der Waals surface area contributed by atoms with E-state index in [1.807, 2.05) is 0 Å². The molecule has 0 radical (unpaired) electrons. The van der Waals surface area contributed by atoms with Gasteiger partial charge in [-0.15, -0.1) is 0 Å². The van der Waals surface area contributed by atoms with Gasteiger partial charge < -0.3 is 19.5 Å². The standard InChI is InChI=1S/C21H27N3O7S/c1-21(2,3)31-20(26)24-15-12-14(8-10-16(15)29-5)23-19(25)13-7-9-17(30-6)18(11-13)32(27,28)22-4/h7-12,22H,1-6H3,(H,23,25)(H,24,26). The van der Waals surface area contributed by atoms with Crippen molar-refractivity contribution in [3.05, 3.63) is 42.0 Å². The van der Waals surface area contributed by atoms with Gasteiger partial charge in [0.2, 0.25) is 10.0 Å². The van der Waals surface area contributed by atoms with Gasteiger partial charge in [0.05, 0.1) is 19.9 Å². The number of ether oxygens (including phenoxy) is 3. The number of methoxy groups -OCH3 is 2. The summed E-state index contributed by atoms with van der Waals surface area (Å²) in [5, 5.41) is 5.24. The lowest BCUT2D eigenvalue weighted by molar-refractivity contribution is 0.0635. The Morgan fingerprint density at radius 3 is 2.09 bits per heavy atom. The van der Waals surface area contributed by atoms with Crippen molar-refractivity contribution >= 4 is 33.4 Å². The molecule has 0 aromatic heterocycles. The van der Waals surface area contributed by atoms with Gasteiger partial charge in [0.25, 0.3) is 5.91 Å². The first kappa shape index (κ1) is 25.0. The van der Waals surface area contributed by atoms with Crippen LogP contribution in [0.15, 0.2) is 41.3 Å². The summed E-state index contributed by atoms with van der Waals surface area (Å²) in [6.07, 6.45) is -0.684. The third kappa shape index (κ3) is 6.34. The highest BCUT2D eigenvalue weighted by Gasteiger charge is 2.21. The Kier molecular flexibility index (Phi) is 7.70. The fourth-order valence-electron chi connectivity index (χ4n) is 2.64. The molecule has 2 rings (SSSR count). The smallest absolute Gasteiger partial charge is 0.412 e. The van der Waals surface area contributed by atoms with Gasteiger partial charge in [0.15, 0.2) is 0 Å². The van der Waals surface area contributed by atoms with Crippen LogP contribution in [0.2, 0.25) is 0 Å². The van der Waals surface area contributed by atoms with Crippen molar-refractivity contribution in [1.29, 1.82) is 0 Å². The molecular formula is C21H27N3O7S. The molecule has 0 saturated heterocycles. The van der Waals surface area contributed by atoms with E-state index in [9.17, 15) is 18.0 Å². The van der Waals surface area contributed by atoms with Gasteiger partial charge in [0, 0.05) is 11.3 Å². The maximum Gasteiger partial charge on any atom is 0.412 e. The Morgan fingerprint density at radius 1 is 0.906 bits per heavy atom. The zero-order valence-electron chi connectivity index (χ0n) is 18.7. The number of sulfonamides is 1. The Hall–Kier alpha value is -3.31. The van der Waals surface area contributed by atoms with Gasteiger partial charge in [-0.3, -0.25) is 10.1 Å². The molecule has 11 heteroatoms. The van der Waals surface area contributed by atoms with Gasteiger partial charge in [0.1, 0.15) is 22.0 Å². The number of hydrogen-bond donors (Lipinski definition) is 3. The number of carbonyl (C=O) groups excluding carboxylic acids is 2. The van der Waals surface area contributed by atoms with Crippen LogP contribution in [0.4, 0.5) is 16.2 Å². The number of rotatable bonds is 7. The summed E-state index contributed by atoms with van der Waals surface area (Å²) >= 11 is 0. The van der Waals surface area contributed by atoms with E-state index in [-0.39, 0.29) is 21.9 Å². The molecule has 2 aromatic rings. The normalized spacial score (nSPS) is 11.4. The van der Waals surface area contributed by atoms with Gasteiger partial charge >= 0.3 is 6.09 Å². The molecule has 0 aliphatic rings. The lowest BCUT2D eigenvalue weighted by Crippen LogP contribution is -2.27. The van der Waals surface area contributed by atoms with E-state index in [4.69, 9.17) is 14.2 Å². The van der Waals surface area contributed by atoms with Gasteiger partial charge in [-0.1, -0.05) is 0 Å². The van der Waals surface area contributed by atoms with Crippen molar-refractivity contribution in [2.24, 2.45) is 0 Å². The van der Waals surface area contributed by atoms with Crippen LogP contribution in [0.25, 0.3) is 0 Å². The predicted octanol–water partition coefficient (Wildman–Crippen LogP) is 3.21. The predicted molar refractivity (Wildman–Crippen MR) is 120 cm³/mol. The number of hydrogen-bond acceptors (Lipinski definition) is 7. The first-order valence-corrected chi connectivity index (χ1v) is 11.0. The second-order valence-electron chi connectivity index (χ2n) is 7.57. The minimum absolute atomic E-state index is 0.0945. The van der Waals surface area contributed by atoms with Crippen molar-refractivity contribution in [2.45, 2.75) is 31.3 Å². The van der Waals surface area contributed by atoms with Crippen LogP contribution in [0.1, 0.15) is 31.1 Å². The third-order valence-electron chi connectivity index (χ3n) is 4.08. The van der Waals surface area contributed by atoms with Gasteiger partial charge in [-0.25, -0.2) is 17.9 Å². The van der Waals surface area contributed by atoms with E-state index >= 15 is 0 Å². The Bertz CT molecular complexity index is 1110. The molecule has 0 heterocycles. The molecule has 0 fully saturated rings. The molecular weight excluding hydrogens is 438 g/mol. The molecule has 10 nitrogen and oxygen atoms in total. The van der Waals surface area contributed by atoms with Gasteiger partial charge in [-0.2, -0.15) is 0 Å². The highest BCUT2D eigenvalue weighted by molar-refractivity contribution is 7.89. The second-order valence-corrected chi connectivity index (χ2v) is 9.42. The summed E-state index contributed by atoms with van der Waals surface area (Å²) in [6.45, 7) is 5.20. The monoisotopic (exact) mass is 465 g/mol. The van der Waals surface area contributed by atoms with Crippen molar-refractivity contribution in [1.82, 2.24) is 4.72 Å². The van der Waals surface area contributed by atoms with Gasteiger partial charge in [-0.05, 0) is 64.2 Å². The molecule has 0 atom stereocenters. The number of benzene rings is 2. The minimum Gasteiger partial charge on any atom is -0.495 e. The Balaban J connectivity index is 2.30. The van der Waals surface area contributed by atoms with Crippen LogP contribution in [0.5, 0.6) is 11.5 Å². The van der Waals surface area contributed by atoms with Crippen molar-refractivity contribution in [3.8, 4) is 11.5 Å². The van der Waals surface area contributed by atoms with Crippen LogP contribution in [0.3, 0.4) is 0 Å². The Morgan fingerprint density at radius 2 is 1.53 bits per heavy atom. The largest absolute Gasteiger partial charge is 0.495 e. The zero-order valence-corrected chi connectivity index (χ0v) is 19.5. The van der Waals surface area contributed by atoms with E-state index in [1.54, 1.807) is 32.9 Å². The fraction of sp³-hybridized carbons (Fsp3) is 0.333. The molecule has 0 aliphatic carbocycles. The summed E-state index contributed by atoms with van der Waals surface area (Å²) in [4.78, 5) is 24.7. The fourth-order valence-corrected chi connectivity index (χ4v) is 3.56. The summed E-state index contributed by atoms with van der Waals surface area (Å²) < 4.78 is 42.2. The zero-order chi connectivity index (χ0) is 24.1. The first-order valence-electron chi connectivity index (χ1n) is 9.51. The lowest BCUT2D eigenvalue weighted by atomic mass is 10.2. The third-order valence-corrected chi connectivity index (χ3v) is 5.51. The highest BCUT2D eigenvalue weighted by Crippen LogP contribution is 2.29. The highest BCUT2D eigenvalue weighted by atomic mass is 32.2. The summed E-state index contributed by atoms with van der Waals surface area (Å²) in [6, 6.07) is 8.67. The van der Waals surface area contributed by atoms with Crippen molar-refractivity contribution in [2.75, 3.05) is 31.9 Å². The van der Waals surface area contributed by atoms with Crippen LogP contribution in [-0.2, 0) is 14.8 Å². The van der Waals surface area contributed by atoms with E-state index < -0.39 is 27.6 Å². The van der Waals surface area contributed by atoms with Crippen LogP contribution >= 0.6 is 0 Å². The second kappa shape index (κ2) is 9.88. The number of anilines is 2. The maximum absolute atomic E-state index is 12.7. The SMILES string of the molecule is CNS(=O)(=O)c1cc(C(=O)Nc2ccc(OC)c(NC(=O)OC(C)(C)C)c2)ccc1OC. The van der Waals surface area contributed by atoms with Crippen LogP contribution in [-0.4, -0.2) is 47.3 Å². The first-order chi connectivity index (χ1) is 14.9. The topological polar surface area (TPSA) is 132 Å². The van der Waals surface area contributed by atoms with Crippen LogP contribution < -0.4 is 24.8 Å². The molecule has 2 amide bonds. The number of carbonyl (C=O) groups is 2. The van der Waals surface area contributed by atoms with E-state index in [1.165, 1.54) is 45.5 Å². The number of amides is 2. The summed E-state index contributed by atoms with van der Waals surface area (Å²) in [7, 11) is 0.188. The quantitative estimate of drug-likeness (QED) is 0.572. The van der Waals surface area contributed by atoms with E-state index in [0.717, 1.165) is 0 Å². The molecule has 0 saturated carbocycles. The minimum atomic E-state index is -3.85. The molecule has 32 heavy (non-hydrogen) atoms. The van der Waals surface area contributed by atoms with Crippen molar-refractivity contribution < 1.29 is 32.2 Å². The Labute approximate surface area is 187 Å². The molecule has 3 N–H and O–H groups in total. The maximum atomic E-state index is 12.7. The van der Waals surface area contributed by atoms with E-state index in [2.05, 4.69) is 15.4 Å². The van der Waals surface area contributed by atoms with Crippen molar-refractivity contribution in [3.63, 3.8) is 0 Å². The molecule has 0 unspecified atom stereocenters. The number of nitrogens with one attached hydrogen (secondary N) is 3.